The Morgan fingerprint density at radius 1 is 1.41 bits per heavy atom. The van der Waals surface area contributed by atoms with Crippen LogP contribution in [0.15, 0.2) is 22.7 Å². The summed E-state index contributed by atoms with van der Waals surface area (Å²) in [6, 6.07) is 5.04. The molecule has 1 aromatic rings. The maximum Gasteiger partial charge on any atom is 0.390 e. The van der Waals surface area contributed by atoms with Crippen LogP contribution in [0, 0.1) is 6.92 Å². The van der Waals surface area contributed by atoms with Crippen molar-refractivity contribution in [2.75, 3.05) is 6.54 Å². The number of carbonyl (C=O) groups is 1. The number of benzene rings is 1. The summed E-state index contributed by atoms with van der Waals surface area (Å²) >= 11 is 3.23. The average Bonchev–Trinajstić information content (AvgIpc) is 2.20. The smallest absolute Gasteiger partial charge is 0.352 e. The van der Waals surface area contributed by atoms with Crippen molar-refractivity contribution in [2.45, 2.75) is 19.5 Å². The molecular formula is C11H11BrF3NO. The summed E-state index contributed by atoms with van der Waals surface area (Å²) in [7, 11) is 0. The number of amides is 1. The number of hydrogen-bond donors (Lipinski definition) is 1. The summed E-state index contributed by atoms with van der Waals surface area (Å²) in [5.41, 5.74) is 1.20. The normalized spacial score (nSPS) is 11.4. The predicted molar refractivity (Wildman–Crippen MR) is 61.9 cm³/mol. The van der Waals surface area contributed by atoms with Gasteiger partial charge < -0.3 is 5.32 Å². The highest BCUT2D eigenvalue weighted by Crippen LogP contribution is 2.21. The molecule has 0 heterocycles. The largest absolute Gasteiger partial charge is 0.390 e. The summed E-state index contributed by atoms with van der Waals surface area (Å²) in [5.74, 6) is -0.509. The third-order valence-corrected chi connectivity index (χ3v) is 3.18. The van der Waals surface area contributed by atoms with E-state index in [1.165, 1.54) is 0 Å². The predicted octanol–water partition coefficient (Wildman–Crippen LogP) is 3.44. The molecule has 0 unspecified atom stereocenters. The topological polar surface area (TPSA) is 29.1 Å². The maximum atomic E-state index is 11.9. The molecule has 0 radical (unpaired) electrons. The Balaban J connectivity index is 2.62. The van der Waals surface area contributed by atoms with Gasteiger partial charge in [-0.25, -0.2) is 0 Å². The van der Waals surface area contributed by atoms with Crippen LogP contribution < -0.4 is 5.32 Å². The van der Waals surface area contributed by atoms with Crippen molar-refractivity contribution in [1.82, 2.24) is 5.32 Å². The lowest BCUT2D eigenvalue weighted by Gasteiger charge is -2.09. The molecule has 1 aromatic carbocycles. The van der Waals surface area contributed by atoms with Crippen molar-refractivity contribution in [2.24, 2.45) is 0 Å². The Kier molecular flexibility index (Phi) is 4.56. The SMILES string of the molecule is Cc1cccc(C(=O)NCCC(F)(F)F)c1Br. The molecule has 0 fully saturated rings. The monoisotopic (exact) mass is 309 g/mol. The molecule has 6 heteroatoms. The van der Waals surface area contributed by atoms with Crippen LogP contribution in [-0.2, 0) is 0 Å². The van der Waals surface area contributed by atoms with Gasteiger partial charge in [0, 0.05) is 11.0 Å². The van der Waals surface area contributed by atoms with Gasteiger partial charge in [0.25, 0.3) is 5.91 Å². The molecular weight excluding hydrogens is 299 g/mol. The lowest BCUT2D eigenvalue weighted by molar-refractivity contribution is -0.132. The fourth-order valence-electron chi connectivity index (χ4n) is 1.24. The molecule has 0 bridgehead atoms. The van der Waals surface area contributed by atoms with E-state index in [9.17, 15) is 18.0 Å². The number of alkyl halides is 3. The Morgan fingerprint density at radius 3 is 2.65 bits per heavy atom. The van der Waals surface area contributed by atoms with E-state index in [1.54, 1.807) is 25.1 Å². The quantitative estimate of drug-likeness (QED) is 0.910. The van der Waals surface area contributed by atoms with Gasteiger partial charge in [-0.2, -0.15) is 13.2 Å². The summed E-state index contributed by atoms with van der Waals surface area (Å²) < 4.78 is 36.3. The molecule has 1 N–H and O–H groups in total. The van der Waals surface area contributed by atoms with Crippen LogP contribution in [0.25, 0.3) is 0 Å². The molecule has 0 saturated heterocycles. The Labute approximate surface area is 105 Å². The highest BCUT2D eigenvalue weighted by molar-refractivity contribution is 9.10. The first kappa shape index (κ1) is 14.0. The van der Waals surface area contributed by atoms with E-state index in [4.69, 9.17) is 0 Å². The Bertz CT molecular complexity index is 418. The first-order valence-corrected chi connectivity index (χ1v) is 5.70. The first-order valence-electron chi connectivity index (χ1n) is 4.91. The summed E-state index contributed by atoms with van der Waals surface area (Å²) in [6.07, 6.45) is -5.28. The molecule has 1 rings (SSSR count). The molecule has 2 nitrogen and oxygen atoms in total. The number of halogens is 4. The second-order valence-corrected chi connectivity index (χ2v) is 4.35. The number of rotatable bonds is 3. The van der Waals surface area contributed by atoms with E-state index in [-0.39, 0.29) is 0 Å². The molecule has 0 aliphatic heterocycles. The van der Waals surface area contributed by atoms with Gasteiger partial charge in [-0.05, 0) is 34.5 Å². The van der Waals surface area contributed by atoms with Gasteiger partial charge in [0.05, 0.1) is 12.0 Å². The zero-order valence-corrected chi connectivity index (χ0v) is 10.7. The minimum absolute atomic E-state index is 0.340. The zero-order valence-electron chi connectivity index (χ0n) is 9.07. The molecule has 0 spiro atoms. The van der Waals surface area contributed by atoms with Gasteiger partial charge in [-0.15, -0.1) is 0 Å². The number of aryl methyl sites for hydroxylation is 1. The minimum Gasteiger partial charge on any atom is -0.352 e. The van der Waals surface area contributed by atoms with E-state index in [2.05, 4.69) is 21.2 Å². The minimum atomic E-state index is -4.25. The lowest BCUT2D eigenvalue weighted by atomic mass is 10.1. The second kappa shape index (κ2) is 5.53. The van der Waals surface area contributed by atoms with Crippen LogP contribution in [0.5, 0.6) is 0 Å². The van der Waals surface area contributed by atoms with Crippen LogP contribution in [-0.4, -0.2) is 18.6 Å². The van der Waals surface area contributed by atoms with E-state index < -0.39 is 25.0 Å². The van der Waals surface area contributed by atoms with Gasteiger partial charge >= 0.3 is 6.18 Å². The van der Waals surface area contributed by atoms with Crippen LogP contribution in [0.4, 0.5) is 13.2 Å². The Morgan fingerprint density at radius 2 is 2.06 bits per heavy atom. The van der Waals surface area contributed by atoms with Crippen LogP contribution in [0.2, 0.25) is 0 Å². The van der Waals surface area contributed by atoms with Crippen molar-refractivity contribution in [3.63, 3.8) is 0 Å². The van der Waals surface area contributed by atoms with E-state index in [1.807, 2.05) is 0 Å². The average molecular weight is 310 g/mol. The standard InChI is InChI=1S/C11H11BrF3NO/c1-7-3-2-4-8(9(7)12)10(17)16-6-5-11(13,14)15/h2-4H,5-6H2,1H3,(H,16,17). The lowest BCUT2D eigenvalue weighted by Crippen LogP contribution is -2.28. The summed E-state index contributed by atoms with van der Waals surface area (Å²) in [5, 5.41) is 2.23. The van der Waals surface area contributed by atoms with E-state index in [0.29, 0.717) is 10.0 Å². The van der Waals surface area contributed by atoms with E-state index >= 15 is 0 Å². The molecule has 94 valence electrons. The maximum absolute atomic E-state index is 11.9. The van der Waals surface area contributed by atoms with Gasteiger partial charge in [0.15, 0.2) is 0 Å². The van der Waals surface area contributed by atoms with Gasteiger partial charge in [0.1, 0.15) is 0 Å². The molecule has 0 saturated carbocycles. The first-order chi connectivity index (χ1) is 7.81. The highest BCUT2D eigenvalue weighted by Gasteiger charge is 2.26. The van der Waals surface area contributed by atoms with Gasteiger partial charge in [0.2, 0.25) is 0 Å². The Hall–Kier alpha value is -1.04. The third kappa shape index (κ3) is 4.38. The molecule has 1 amide bonds. The second-order valence-electron chi connectivity index (χ2n) is 3.56. The molecule has 0 atom stereocenters. The zero-order chi connectivity index (χ0) is 13.1. The molecule has 0 aliphatic rings. The fraction of sp³-hybridized carbons (Fsp3) is 0.364. The summed E-state index contributed by atoms with van der Waals surface area (Å²) in [6.45, 7) is 1.39. The molecule has 0 aromatic heterocycles. The number of hydrogen-bond acceptors (Lipinski definition) is 1. The van der Waals surface area contributed by atoms with Crippen molar-refractivity contribution in [3.05, 3.63) is 33.8 Å². The van der Waals surface area contributed by atoms with Crippen LogP contribution in [0.1, 0.15) is 22.3 Å². The number of nitrogens with one attached hydrogen (secondary N) is 1. The highest BCUT2D eigenvalue weighted by atomic mass is 79.9. The molecule has 0 aliphatic carbocycles. The van der Waals surface area contributed by atoms with Crippen molar-refractivity contribution in [3.8, 4) is 0 Å². The van der Waals surface area contributed by atoms with E-state index in [0.717, 1.165) is 5.56 Å². The fourth-order valence-corrected chi connectivity index (χ4v) is 1.68. The van der Waals surface area contributed by atoms with Gasteiger partial charge in [-0.3, -0.25) is 4.79 Å². The van der Waals surface area contributed by atoms with Crippen LogP contribution in [0.3, 0.4) is 0 Å². The van der Waals surface area contributed by atoms with Gasteiger partial charge in [-0.1, -0.05) is 12.1 Å². The third-order valence-electron chi connectivity index (χ3n) is 2.13. The molecule has 17 heavy (non-hydrogen) atoms. The van der Waals surface area contributed by atoms with Crippen molar-refractivity contribution < 1.29 is 18.0 Å². The summed E-state index contributed by atoms with van der Waals surface area (Å²) in [4.78, 5) is 11.6. The van der Waals surface area contributed by atoms with Crippen molar-refractivity contribution >= 4 is 21.8 Å². The van der Waals surface area contributed by atoms with Crippen LogP contribution >= 0.6 is 15.9 Å². The number of carbonyl (C=O) groups excluding carboxylic acids is 1. The van der Waals surface area contributed by atoms with Crippen molar-refractivity contribution in [1.29, 1.82) is 0 Å².